The van der Waals surface area contributed by atoms with E-state index in [9.17, 15) is 9.59 Å². The van der Waals surface area contributed by atoms with E-state index in [4.69, 9.17) is 4.74 Å². The van der Waals surface area contributed by atoms with Gasteiger partial charge in [0.2, 0.25) is 5.91 Å². The number of hydrogen-bond donors (Lipinski definition) is 2. The van der Waals surface area contributed by atoms with E-state index in [0.717, 1.165) is 5.56 Å². The van der Waals surface area contributed by atoms with Gasteiger partial charge >= 0.3 is 6.09 Å². The molecule has 2 unspecified atom stereocenters. The van der Waals surface area contributed by atoms with Crippen LogP contribution in [-0.4, -0.2) is 29.4 Å². The van der Waals surface area contributed by atoms with Gasteiger partial charge in [0.25, 0.3) is 0 Å². The number of thioether (sulfide) groups is 1. The van der Waals surface area contributed by atoms with E-state index in [0.29, 0.717) is 5.75 Å². The van der Waals surface area contributed by atoms with Crippen molar-refractivity contribution in [2.24, 2.45) is 0 Å². The van der Waals surface area contributed by atoms with Crippen molar-refractivity contribution >= 4 is 23.8 Å². The lowest BCUT2D eigenvalue weighted by atomic mass is 10.2. The van der Waals surface area contributed by atoms with Crippen LogP contribution in [0.1, 0.15) is 31.7 Å². The highest BCUT2D eigenvalue weighted by molar-refractivity contribution is 7.99. The number of imide groups is 1. The molecule has 0 radical (unpaired) electrons. The van der Waals surface area contributed by atoms with Gasteiger partial charge < -0.3 is 4.74 Å². The minimum atomic E-state index is -0.706. The Kier molecular flexibility index (Phi) is 4.90. The average molecular weight is 308 g/mol. The molecule has 2 rings (SSSR count). The molecule has 2 amide bonds. The van der Waals surface area contributed by atoms with E-state index in [2.05, 4.69) is 10.6 Å². The van der Waals surface area contributed by atoms with Gasteiger partial charge in [-0.1, -0.05) is 30.3 Å². The fraction of sp³-hybridized carbons (Fsp3) is 0.467. The number of carbonyl (C=O) groups excluding carboxylic acids is 2. The van der Waals surface area contributed by atoms with Crippen molar-refractivity contribution in [3.8, 4) is 0 Å². The zero-order chi connectivity index (χ0) is 15.5. The third-order valence-electron chi connectivity index (χ3n) is 2.83. The largest absolute Gasteiger partial charge is 0.444 e. The van der Waals surface area contributed by atoms with Crippen LogP contribution in [0.3, 0.4) is 0 Å². The van der Waals surface area contributed by atoms with Crippen LogP contribution in [0.25, 0.3) is 0 Å². The van der Waals surface area contributed by atoms with Crippen LogP contribution in [0.5, 0.6) is 0 Å². The zero-order valence-corrected chi connectivity index (χ0v) is 13.2. The number of ether oxygens (including phenoxy) is 1. The Labute approximate surface area is 128 Å². The van der Waals surface area contributed by atoms with Crippen molar-refractivity contribution in [2.45, 2.75) is 37.8 Å². The van der Waals surface area contributed by atoms with Gasteiger partial charge in [-0.05, 0) is 26.3 Å². The number of alkyl carbamates (subject to hydrolysis) is 1. The van der Waals surface area contributed by atoms with Gasteiger partial charge in [0.05, 0.1) is 11.4 Å². The van der Waals surface area contributed by atoms with Gasteiger partial charge in [-0.2, -0.15) is 0 Å². The summed E-state index contributed by atoms with van der Waals surface area (Å²) in [5.74, 6) is 0.268. The Morgan fingerprint density at radius 3 is 2.57 bits per heavy atom. The molecule has 6 heteroatoms. The lowest BCUT2D eigenvalue weighted by Crippen LogP contribution is -2.46. The SMILES string of the molecule is CC(C)(C)OC(=O)NC(=O)C1CSC(c2ccccc2)N1. The lowest BCUT2D eigenvalue weighted by molar-refractivity contribution is -0.122. The number of nitrogens with one attached hydrogen (secondary N) is 2. The minimum Gasteiger partial charge on any atom is -0.444 e. The second-order valence-electron chi connectivity index (χ2n) is 5.83. The molecule has 1 aliphatic heterocycles. The summed E-state index contributed by atoms with van der Waals surface area (Å²) in [5, 5.41) is 5.56. The maximum Gasteiger partial charge on any atom is 0.414 e. The smallest absolute Gasteiger partial charge is 0.414 e. The summed E-state index contributed by atoms with van der Waals surface area (Å²) >= 11 is 1.65. The maximum absolute atomic E-state index is 12.0. The molecule has 1 aromatic carbocycles. The van der Waals surface area contributed by atoms with Gasteiger partial charge in [-0.15, -0.1) is 11.8 Å². The lowest BCUT2D eigenvalue weighted by Gasteiger charge is -2.20. The van der Waals surface area contributed by atoms with Gasteiger partial charge in [0, 0.05) is 5.75 Å². The predicted octanol–water partition coefficient (Wildman–Crippen LogP) is 2.44. The summed E-state index contributed by atoms with van der Waals surface area (Å²) < 4.78 is 5.07. The van der Waals surface area contributed by atoms with Crippen LogP contribution in [0.4, 0.5) is 4.79 Å². The number of rotatable bonds is 2. The number of carbonyl (C=O) groups is 2. The van der Waals surface area contributed by atoms with Crippen LogP contribution in [0.2, 0.25) is 0 Å². The molecule has 2 atom stereocenters. The molecule has 1 aliphatic rings. The normalized spacial score (nSPS) is 21.9. The average Bonchev–Trinajstić information content (AvgIpc) is 2.87. The number of hydrogen-bond acceptors (Lipinski definition) is 5. The first kappa shape index (κ1) is 15.9. The van der Waals surface area contributed by atoms with Gasteiger partial charge in [0.1, 0.15) is 5.60 Å². The number of benzene rings is 1. The van der Waals surface area contributed by atoms with Crippen molar-refractivity contribution in [3.05, 3.63) is 35.9 Å². The minimum absolute atomic E-state index is 0.0700. The van der Waals surface area contributed by atoms with Crippen LogP contribution >= 0.6 is 11.8 Å². The molecule has 0 spiro atoms. The van der Waals surface area contributed by atoms with Crippen molar-refractivity contribution in [1.29, 1.82) is 0 Å². The molecular formula is C15H20N2O3S. The Morgan fingerprint density at radius 1 is 1.29 bits per heavy atom. The molecule has 0 aromatic heterocycles. The summed E-state index contributed by atoms with van der Waals surface area (Å²) in [4.78, 5) is 23.6. The van der Waals surface area contributed by atoms with Crippen LogP contribution in [0.15, 0.2) is 30.3 Å². The van der Waals surface area contributed by atoms with E-state index >= 15 is 0 Å². The zero-order valence-electron chi connectivity index (χ0n) is 12.4. The standard InChI is InChI=1S/C15H20N2O3S/c1-15(2,3)20-14(19)17-12(18)11-9-21-13(16-11)10-7-5-4-6-8-10/h4-8,11,13,16H,9H2,1-3H3,(H,17,18,19). The summed E-state index contributed by atoms with van der Waals surface area (Å²) in [6.07, 6.45) is -0.706. The Balaban J connectivity index is 1.87. The first-order valence-electron chi connectivity index (χ1n) is 6.81. The van der Waals surface area contributed by atoms with E-state index in [-0.39, 0.29) is 11.3 Å². The van der Waals surface area contributed by atoms with E-state index < -0.39 is 17.7 Å². The van der Waals surface area contributed by atoms with Crippen molar-refractivity contribution in [1.82, 2.24) is 10.6 Å². The summed E-state index contributed by atoms with van der Waals surface area (Å²) in [6.45, 7) is 5.27. The molecular weight excluding hydrogens is 288 g/mol. The first-order valence-corrected chi connectivity index (χ1v) is 7.86. The van der Waals surface area contributed by atoms with E-state index in [1.165, 1.54) is 0 Å². The molecule has 1 heterocycles. The highest BCUT2D eigenvalue weighted by Crippen LogP contribution is 2.32. The highest BCUT2D eigenvalue weighted by atomic mass is 32.2. The summed E-state index contributed by atoms with van der Waals surface area (Å²) in [7, 11) is 0. The van der Waals surface area contributed by atoms with Gasteiger partial charge in [-0.25, -0.2) is 4.79 Å². The van der Waals surface area contributed by atoms with Crippen molar-refractivity contribution < 1.29 is 14.3 Å². The molecule has 5 nitrogen and oxygen atoms in total. The summed E-state index contributed by atoms with van der Waals surface area (Å²) in [6, 6.07) is 9.51. The molecule has 114 valence electrons. The molecule has 2 N–H and O–H groups in total. The monoisotopic (exact) mass is 308 g/mol. The molecule has 0 aliphatic carbocycles. The Morgan fingerprint density at radius 2 is 1.95 bits per heavy atom. The Hall–Kier alpha value is -1.53. The highest BCUT2D eigenvalue weighted by Gasteiger charge is 2.32. The quantitative estimate of drug-likeness (QED) is 0.878. The summed E-state index contributed by atoms with van der Waals surface area (Å²) in [5.41, 5.74) is 0.504. The topological polar surface area (TPSA) is 67.4 Å². The molecule has 1 saturated heterocycles. The Bertz CT molecular complexity index is 513. The van der Waals surface area contributed by atoms with Crippen molar-refractivity contribution in [2.75, 3.05) is 5.75 Å². The van der Waals surface area contributed by atoms with E-state index in [1.807, 2.05) is 30.3 Å². The molecule has 21 heavy (non-hydrogen) atoms. The van der Waals surface area contributed by atoms with Crippen LogP contribution < -0.4 is 10.6 Å². The fourth-order valence-corrected chi connectivity index (χ4v) is 3.18. The van der Waals surface area contributed by atoms with Gasteiger partial charge in [-0.3, -0.25) is 15.4 Å². The molecule has 1 aromatic rings. The maximum atomic E-state index is 12.0. The van der Waals surface area contributed by atoms with Gasteiger partial charge in [0.15, 0.2) is 0 Å². The van der Waals surface area contributed by atoms with Crippen molar-refractivity contribution in [3.63, 3.8) is 0 Å². The molecule has 0 bridgehead atoms. The third-order valence-corrected chi connectivity index (χ3v) is 4.09. The molecule has 0 saturated carbocycles. The second-order valence-corrected chi connectivity index (χ2v) is 6.97. The third kappa shape index (κ3) is 4.75. The molecule has 1 fully saturated rings. The van der Waals surface area contributed by atoms with Crippen LogP contribution in [0, 0.1) is 0 Å². The first-order chi connectivity index (χ1) is 9.85. The van der Waals surface area contributed by atoms with E-state index in [1.54, 1.807) is 32.5 Å². The number of amides is 2. The predicted molar refractivity (Wildman–Crippen MR) is 82.9 cm³/mol. The fourth-order valence-electron chi connectivity index (χ4n) is 1.93. The van der Waals surface area contributed by atoms with Crippen LogP contribution in [-0.2, 0) is 9.53 Å². The second kappa shape index (κ2) is 6.49.